The molecule has 0 fully saturated rings. The van der Waals surface area contributed by atoms with Crippen molar-refractivity contribution in [2.45, 2.75) is 348 Å². The molecule has 0 radical (unpaired) electrons. The van der Waals surface area contributed by atoms with Crippen LogP contribution in [-0.4, -0.2) is 37.2 Å². The van der Waals surface area contributed by atoms with Crippen molar-refractivity contribution in [2.75, 3.05) is 13.2 Å². The van der Waals surface area contributed by atoms with Crippen LogP contribution < -0.4 is 0 Å². The Balaban J connectivity index is 4.32. The van der Waals surface area contributed by atoms with E-state index in [0.29, 0.717) is 19.3 Å². The van der Waals surface area contributed by atoms with Gasteiger partial charge in [-0.3, -0.25) is 14.4 Å². The zero-order valence-electron chi connectivity index (χ0n) is 50.1. The van der Waals surface area contributed by atoms with Gasteiger partial charge in [0.1, 0.15) is 13.2 Å². The zero-order chi connectivity index (χ0) is 54.3. The van der Waals surface area contributed by atoms with E-state index in [-0.39, 0.29) is 31.1 Å². The van der Waals surface area contributed by atoms with E-state index in [9.17, 15) is 14.4 Å². The molecule has 75 heavy (non-hydrogen) atoms. The molecule has 0 rings (SSSR count). The molecular weight excluding hydrogens is 925 g/mol. The number of unbranched alkanes of at least 4 members (excludes halogenated alkanes) is 39. The van der Waals surface area contributed by atoms with E-state index in [4.69, 9.17) is 14.2 Å². The number of rotatable bonds is 60. The van der Waals surface area contributed by atoms with Crippen LogP contribution in [0.1, 0.15) is 342 Å². The number of ether oxygens (including phenoxy) is 3. The van der Waals surface area contributed by atoms with Gasteiger partial charge in [0, 0.05) is 19.3 Å². The van der Waals surface area contributed by atoms with Crippen LogP contribution >= 0.6 is 0 Å². The van der Waals surface area contributed by atoms with Gasteiger partial charge in [-0.25, -0.2) is 0 Å². The Morgan fingerprint density at radius 3 is 0.760 bits per heavy atom. The fourth-order valence-electron chi connectivity index (χ4n) is 9.54. The van der Waals surface area contributed by atoms with Gasteiger partial charge in [-0.1, -0.05) is 293 Å². The summed E-state index contributed by atoms with van der Waals surface area (Å²) in [5, 5.41) is 0. The predicted octanol–water partition coefficient (Wildman–Crippen LogP) is 22.3. The summed E-state index contributed by atoms with van der Waals surface area (Å²) in [5.41, 5.74) is 0. The summed E-state index contributed by atoms with van der Waals surface area (Å²) >= 11 is 0. The minimum atomic E-state index is -0.783. The maximum absolute atomic E-state index is 12.9. The van der Waals surface area contributed by atoms with Gasteiger partial charge in [0.25, 0.3) is 0 Å². The lowest BCUT2D eigenvalue weighted by Gasteiger charge is -2.18. The highest BCUT2D eigenvalue weighted by Crippen LogP contribution is 2.17. The number of carbonyl (C=O) groups is 3. The second-order valence-electron chi connectivity index (χ2n) is 22.0. The standard InChI is InChI=1S/C69H124O6/c1-4-7-10-13-16-19-22-25-28-31-32-33-34-35-36-37-38-39-42-44-47-50-53-56-59-62-68(71)74-65-66(75-69(72)63-60-57-54-51-48-45-41-30-27-24-21-18-15-12-9-6-3)64-73-67(70)61-58-55-52-49-46-43-40-29-26-23-20-17-14-11-8-5-2/h21-22,24-25,30-32,34-35,41,66H,4-20,23,26-29,33,36-40,42-65H2,1-3H3/b24-21-,25-22-,32-31-,35-34-,41-30-. The first-order valence-corrected chi connectivity index (χ1v) is 32.8. The first-order chi connectivity index (χ1) is 37.0. The average molecular weight is 1050 g/mol. The summed E-state index contributed by atoms with van der Waals surface area (Å²) in [6, 6.07) is 0. The highest BCUT2D eigenvalue weighted by Gasteiger charge is 2.19. The summed E-state index contributed by atoms with van der Waals surface area (Å²) in [6.07, 6.45) is 80.8. The van der Waals surface area contributed by atoms with Crippen LogP contribution in [0.3, 0.4) is 0 Å². The van der Waals surface area contributed by atoms with Crippen LogP contribution in [0.2, 0.25) is 0 Å². The minimum Gasteiger partial charge on any atom is -0.462 e. The number of hydrogen-bond acceptors (Lipinski definition) is 6. The maximum atomic E-state index is 12.9. The van der Waals surface area contributed by atoms with Crippen molar-refractivity contribution >= 4 is 17.9 Å². The second kappa shape index (κ2) is 63.6. The molecule has 0 N–H and O–H groups in total. The van der Waals surface area contributed by atoms with Crippen molar-refractivity contribution in [1.82, 2.24) is 0 Å². The second-order valence-corrected chi connectivity index (χ2v) is 22.0. The quantitative estimate of drug-likeness (QED) is 0.0261. The molecule has 1 unspecified atom stereocenters. The summed E-state index contributed by atoms with van der Waals surface area (Å²) in [7, 11) is 0. The van der Waals surface area contributed by atoms with Crippen molar-refractivity contribution in [3.8, 4) is 0 Å². The Morgan fingerprint density at radius 1 is 0.267 bits per heavy atom. The highest BCUT2D eigenvalue weighted by atomic mass is 16.6. The van der Waals surface area contributed by atoms with Gasteiger partial charge in [-0.05, 0) is 89.9 Å². The van der Waals surface area contributed by atoms with Crippen LogP contribution in [0.4, 0.5) is 0 Å². The fraction of sp³-hybridized carbons (Fsp3) is 0.812. The summed E-state index contributed by atoms with van der Waals surface area (Å²) < 4.78 is 16.9. The van der Waals surface area contributed by atoms with E-state index in [1.807, 2.05) is 0 Å². The van der Waals surface area contributed by atoms with E-state index >= 15 is 0 Å². The Bertz CT molecular complexity index is 1340. The Kier molecular flexibility index (Phi) is 61.2. The molecule has 0 spiro atoms. The molecule has 1 atom stereocenters. The molecule has 0 aromatic heterocycles. The zero-order valence-corrected chi connectivity index (χ0v) is 50.1. The third kappa shape index (κ3) is 61.8. The molecule has 0 aliphatic carbocycles. The van der Waals surface area contributed by atoms with E-state index in [0.717, 1.165) is 96.3 Å². The van der Waals surface area contributed by atoms with Gasteiger partial charge in [0.2, 0.25) is 0 Å². The lowest BCUT2D eigenvalue weighted by Crippen LogP contribution is -2.30. The first kappa shape index (κ1) is 72.1. The van der Waals surface area contributed by atoms with Crippen molar-refractivity contribution in [2.24, 2.45) is 0 Å². The fourth-order valence-corrected chi connectivity index (χ4v) is 9.54. The van der Waals surface area contributed by atoms with Crippen molar-refractivity contribution in [3.63, 3.8) is 0 Å². The van der Waals surface area contributed by atoms with Gasteiger partial charge < -0.3 is 14.2 Å². The van der Waals surface area contributed by atoms with E-state index in [1.165, 1.54) is 205 Å². The molecule has 6 heteroatoms. The molecule has 436 valence electrons. The number of hydrogen-bond donors (Lipinski definition) is 0. The molecule has 0 saturated heterocycles. The van der Waals surface area contributed by atoms with Crippen LogP contribution in [0.25, 0.3) is 0 Å². The van der Waals surface area contributed by atoms with Gasteiger partial charge >= 0.3 is 17.9 Å². The number of esters is 3. The largest absolute Gasteiger partial charge is 0.462 e. The molecular formula is C69H124O6. The molecule has 0 heterocycles. The summed E-state index contributed by atoms with van der Waals surface area (Å²) in [6.45, 7) is 6.65. The van der Waals surface area contributed by atoms with Crippen LogP contribution in [0, 0.1) is 0 Å². The molecule has 0 aromatic carbocycles. The normalized spacial score (nSPS) is 12.4. The van der Waals surface area contributed by atoms with Crippen molar-refractivity contribution < 1.29 is 28.6 Å². The SMILES string of the molecule is CCCCCC/C=C\C/C=C\CCCCCCCC(=O)OC(COC(=O)CCCCCCCCCCCC/C=C\C/C=C\C/C=C\CCCCCCC)COC(=O)CCCCCCCCCCCCCCCCCC. The van der Waals surface area contributed by atoms with Gasteiger partial charge in [-0.15, -0.1) is 0 Å². The van der Waals surface area contributed by atoms with Gasteiger partial charge in [0.05, 0.1) is 0 Å². The molecule has 0 aliphatic rings. The molecule has 0 aliphatic heterocycles. The molecule has 0 bridgehead atoms. The Hall–Kier alpha value is -2.89. The topological polar surface area (TPSA) is 78.9 Å². The van der Waals surface area contributed by atoms with Crippen molar-refractivity contribution in [3.05, 3.63) is 60.8 Å². The monoisotopic (exact) mass is 1050 g/mol. The molecule has 0 saturated carbocycles. The molecule has 0 amide bonds. The van der Waals surface area contributed by atoms with Crippen LogP contribution in [-0.2, 0) is 28.6 Å². The van der Waals surface area contributed by atoms with E-state index < -0.39 is 6.10 Å². The van der Waals surface area contributed by atoms with Crippen LogP contribution in [0.5, 0.6) is 0 Å². The third-order valence-electron chi connectivity index (χ3n) is 14.5. The number of carbonyl (C=O) groups excluding carboxylic acids is 3. The molecule has 0 aromatic rings. The summed E-state index contributed by atoms with van der Waals surface area (Å²) in [5.74, 6) is -0.876. The average Bonchev–Trinajstić information content (AvgIpc) is 3.41. The van der Waals surface area contributed by atoms with E-state index in [1.54, 1.807) is 0 Å². The minimum absolute atomic E-state index is 0.0777. The van der Waals surface area contributed by atoms with Crippen molar-refractivity contribution in [1.29, 1.82) is 0 Å². The lowest BCUT2D eigenvalue weighted by molar-refractivity contribution is -0.167. The predicted molar refractivity (Wildman–Crippen MR) is 325 cm³/mol. The van der Waals surface area contributed by atoms with Gasteiger partial charge in [0.15, 0.2) is 6.10 Å². The lowest BCUT2D eigenvalue weighted by atomic mass is 10.0. The van der Waals surface area contributed by atoms with Gasteiger partial charge in [-0.2, -0.15) is 0 Å². The smallest absolute Gasteiger partial charge is 0.306 e. The molecule has 6 nitrogen and oxygen atoms in total. The first-order valence-electron chi connectivity index (χ1n) is 32.8. The van der Waals surface area contributed by atoms with Crippen LogP contribution in [0.15, 0.2) is 60.8 Å². The Labute approximate surface area is 466 Å². The highest BCUT2D eigenvalue weighted by molar-refractivity contribution is 5.71. The van der Waals surface area contributed by atoms with E-state index in [2.05, 4.69) is 81.5 Å². The Morgan fingerprint density at radius 2 is 0.480 bits per heavy atom. The third-order valence-corrected chi connectivity index (χ3v) is 14.5. The summed E-state index contributed by atoms with van der Waals surface area (Å²) in [4.78, 5) is 38.3. The number of allylic oxidation sites excluding steroid dienone is 10. The maximum Gasteiger partial charge on any atom is 0.306 e.